The second-order valence-electron chi connectivity index (χ2n) is 4.67. The van der Waals surface area contributed by atoms with E-state index in [0.717, 1.165) is 18.5 Å². The van der Waals surface area contributed by atoms with Gasteiger partial charge in [0.15, 0.2) is 0 Å². The summed E-state index contributed by atoms with van der Waals surface area (Å²) in [7, 11) is 0. The van der Waals surface area contributed by atoms with E-state index in [1.807, 2.05) is 6.07 Å². The number of hydrogen-bond acceptors (Lipinski definition) is 1. The first-order valence-electron chi connectivity index (χ1n) is 5.88. The molecule has 1 aliphatic heterocycles. The predicted octanol–water partition coefficient (Wildman–Crippen LogP) is 3.13. The third kappa shape index (κ3) is 1.67. The lowest BCUT2D eigenvalue weighted by Crippen LogP contribution is -2.15. The minimum absolute atomic E-state index is 0.00343. The number of rotatable bonds is 2. The van der Waals surface area contributed by atoms with Crippen LogP contribution in [0.2, 0.25) is 0 Å². The Kier molecular flexibility index (Phi) is 2.24. The zero-order valence-electron chi connectivity index (χ0n) is 8.80. The van der Waals surface area contributed by atoms with Gasteiger partial charge in [0.05, 0.1) is 0 Å². The molecule has 15 heavy (non-hydrogen) atoms. The molecule has 2 heteroatoms. The smallest absolute Gasteiger partial charge is 0.127 e. The van der Waals surface area contributed by atoms with Crippen LogP contribution < -0.4 is 5.32 Å². The molecule has 1 saturated carbocycles. The van der Waals surface area contributed by atoms with Gasteiger partial charge in [0.2, 0.25) is 0 Å². The van der Waals surface area contributed by atoms with Crippen molar-refractivity contribution in [2.75, 3.05) is 6.54 Å². The second kappa shape index (κ2) is 3.60. The van der Waals surface area contributed by atoms with Gasteiger partial charge < -0.3 is 5.32 Å². The van der Waals surface area contributed by atoms with E-state index in [2.05, 4.69) is 11.4 Å². The Morgan fingerprint density at radius 2 is 2.07 bits per heavy atom. The van der Waals surface area contributed by atoms with Crippen LogP contribution in [0.5, 0.6) is 0 Å². The van der Waals surface area contributed by atoms with E-state index in [9.17, 15) is 4.39 Å². The number of hydrogen-bond donors (Lipinski definition) is 1. The first kappa shape index (κ1) is 9.34. The van der Waals surface area contributed by atoms with Crippen molar-refractivity contribution in [2.45, 2.75) is 37.6 Å². The molecule has 1 saturated heterocycles. The predicted molar refractivity (Wildman–Crippen MR) is 58.4 cm³/mol. The van der Waals surface area contributed by atoms with Gasteiger partial charge >= 0.3 is 0 Å². The lowest BCUT2D eigenvalue weighted by atomic mass is 9.95. The van der Waals surface area contributed by atoms with Gasteiger partial charge in [-0.1, -0.05) is 12.1 Å². The SMILES string of the molecule is Fc1cccc(C2CCCN2)c1C1CC1. The summed E-state index contributed by atoms with van der Waals surface area (Å²) >= 11 is 0. The summed E-state index contributed by atoms with van der Waals surface area (Å²) in [6.45, 7) is 1.07. The molecule has 1 aromatic carbocycles. The van der Waals surface area contributed by atoms with E-state index in [-0.39, 0.29) is 5.82 Å². The van der Waals surface area contributed by atoms with Gasteiger partial charge in [-0.2, -0.15) is 0 Å². The molecule has 0 radical (unpaired) electrons. The monoisotopic (exact) mass is 205 g/mol. The zero-order valence-corrected chi connectivity index (χ0v) is 8.80. The Labute approximate surface area is 89.7 Å². The molecular formula is C13H16FN. The third-order valence-electron chi connectivity index (χ3n) is 3.51. The summed E-state index contributed by atoms with van der Waals surface area (Å²) in [5.41, 5.74) is 2.21. The van der Waals surface area contributed by atoms with E-state index in [4.69, 9.17) is 0 Å². The highest BCUT2D eigenvalue weighted by atomic mass is 19.1. The first-order valence-corrected chi connectivity index (χ1v) is 5.88. The van der Waals surface area contributed by atoms with E-state index in [1.165, 1.54) is 24.8 Å². The van der Waals surface area contributed by atoms with E-state index < -0.39 is 0 Å². The van der Waals surface area contributed by atoms with Gasteiger partial charge in [0.25, 0.3) is 0 Å². The Hall–Kier alpha value is -0.890. The van der Waals surface area contributed by atoms with Crippen LogP contribution in [0, 0.1) is 5.82 Å². The van der Waals surface area contributed by atoms with Crippen LogP contribution in [0.1, 0.15) is 48.8 Å². The van der Waals surface area contributed by atoms with Gasteiger partial charge in [-0.3, -0.25) is 0 Å². The highest BCUT2D eigenvalue weighted by Gasteiger charge is 2.31. The average molecular weight is 205 g/mol. The minimum atomic E-state index is 0.00343. The lowest BCUT2D eigenvalue weighted by molar-refractivity contribution is 0.586. The van der Waals surface area contributed by atoms with Crippen LogP contribution >= 0.6 is 0 Å². The second-order valence-corrected chi connectivity index (χ2v) is 4.67. The summed E-state index contributed by atoms with van der Waals surface area (Å²) in [5, 5.41) is 3.46. The van der Waals surface area contributed by atoms with Crippen molar-refractivity contribution in [3.05, 3.63) is 35.1 Å². The van der Waals surface area contributed by atoms with Gasteiger partial charge in [-0.25, -0.2) is 4.39 Å². The quantitative estimate of drug-likeness (QED) is 0.782. The van der Waals surface area contributed by atoms with Crippen molar-refractivity contribution in [3.63, 3.8) is 0 Å². The summed E-state index contributed by atoms with van der Waals surface area (Å²) in [6, 6.07) is 5.94. The fourth-order valence-corrected chi connectivity index (χ4v) is 2.61. The summed E-state index contributed by atoms with van der Waals surface area (Å²) in [5.74, 6) is 0.507. The topological polar surface area (TPSA) is 12.0 Å². The van der Waals surface area contributed by atoms with Gasteiger partial charge in [0, 0.05) is 6.04 Å². The van der Waals surface area contributed by atoms with Crippen LogP contribution in [0.3, 0.4) is 0 Å². The molecule has 1 nitrogen and oxygen atoms in total. The van der Waals surface area contributed by atoms with Crippen molar-refractivity contribution >= 4 is 0 Å². The standard InChI is InChI=1S/C13H16FN/c14-11-4-1-3-10(12-5-2-8-15-12)13(11)9-6-7-9/h1,3-4,9,12,15H,2,5-8H2. The maximum absolute atomic E-state index is 13.8. The Balaban J connectivity index is 2.00. The number of nitrogens with one attached hydrogen (secondary N) is 1. The molecule has 1 unspecified atom stereocenters. The number of benzene rings is 1. The maximum Gasteiger partial charge on any atom is 0.127 e. The molecule has 1 N–H and O–H groups in total. The molecule has 0 amide bonds. The summed E-state index contributed by atoms with van der Waals surface area (Å²) in [4.78, 5) is 0. The molecule has 2 fully saturated rings. The molecule has 1 aliphatic carbocycles. The van der Waals surface area contributed by atoms with Gasteiger partial charge in [-0.05, 0) is 55.3 Å². The Morgan fingerprint density at radius 3 is 2.73 bits per heavy atom. The maximum atomic E-state index is 13.8. The molecule has 1 heterocycles. The fourth-order valence-electron chi connectivity index (χ4n) is 2.61. The van der Waals surface area contributed by atoms with Crippen LogP contribution in [0.4, 0.5) is 4.39 Å². The summed E-state index contributed by atoms with van der Waals surface area (Å²) in [6.07, 6.45) is 4.70. The van der Waals surface area contributed by atoms with Gasteiger partial charge in [-0.15, -0.1) is 0 Å². The normalized spacial score (nSPS) is 25.8. The first-order chi connectivity index (χ1) is 7.36. The van der Waals surface area contributed by atoms with E-state index >= 15 is 0 Å². The summed E-state index contributed by atoms with van der Waals surface area (Å²) < 4.78 is 13.8. The largest absolute Gasteiger partial charge is 0.310 e. The van der Waals surface area contributed by atoms with Crippen LogP contribution in [0.15, 0.2) is 18.2 Å². The van der Waals surface area contributed by atoms with Crippen molar-refractivity contribution in [2.24, 2.45) is 0 Å². The fraction of sp³-hybridized carbons (Fsp3) is 0.538. The van der Waals surface area contributed by atoms with E-state index in [0.29, 0.717) is 12.0 Å². The third-order valence-corrected chi connectivity index (χ3v) is 3.51. The molecule has 3 rings (SSSR count). The van der Waals surface area contributed by atoms with E-state index in [1.54, 1.807) is 6.07 Å². The molecule has 2 aliphatic rings. The molecular weight excluding hydrogens is 189 g/mol. The Morgan fingerprint density at radius 1 is 1.20 bits per heavy atom. The molecule has 0 bridgehead atoms. The van der Waals surface area contributed by atoms with Crippen molar-refractivity contribution in [1.29, 1.82) is 0 Å². The number of halogens is 1. The van der Waals surface area contributed by atoms with Crippen molar-refractivity contribution in [3.8, 4) is 0 Å². The zero-order chi connectivity index (χ0) is 10.3. The van der Waals surface area contributed by atoms with Crippen LogP contribution in [0.25, 0.3) is 0 Å². The Bertz CT molecular complexity index is 365. The van der Waals surface area contributed by atoms with Crippen molar-refractivity contribution < 1.29 is 4.39 Å². The van der Waals surface area contributed by atoms with Crippen molar-refractivity contribution in [1.82, 2.24) is 5.32 Å². The van der Waals surface area contributed by atoms with Crippen LogP contribution in [-0.4, -0.2) is 6.54 Å². The highest BCUT2D eigenvalue weighted by Crippen LogP contribution is 2.45. The minimum Gasteiger partial charge on any atom is -0.310 e. The molecule has 80 valence electrons. The average Bonchev–Trinajstić information content (AvgIpc) is 2.93. The lowest BCUT2D eigenvalue weighted by Gasteiger charge is -2.16. The molecule has 1 atom stereocenters. The molecule has 0 spiro atoms. The highest BCUT2D eigenvalue weighted by molar-refractivity contribution is 5.37. The van der Waals surface area contributed by atoms with Gasteiger partial charge in [0.1, 0.15) is 5.82 Å². The molecule has 0 aromatic heterocycles. The van der Waals surface area contributed by atoms with Crippen LogP contribution in [-0.2, 0) is 0 Å². The molecule has 1 aromatic rings.